The lowest BCUT2D eigenvalue weighted by molar-refractivity contribution is -0.000988. The highest BCUT2D eigenvalue weighted by atomic mass is 16.5. The fourth-order valence-corrected chi connectivity index (χ4v) is 2.20. The van der Waals surface area contributed by atoms with Gasteiger partial charge in [-0.15, -0.1) is 0 Å². The maximum absolute atomic E-state index is 9.90. The average molecular weight is 291 g/mol. The zero-order chi connectivity index (χ0) is 15.2. The normalized spacial score (nSPS) is 14.7. The average Bonchev–Trinajstić information content (AvgIpc) is 2.43. The van der Waals surface area contributed by atoms with Gasteiger partial charge in [0.05, 0.1) is 25.9 Å². The molecule has 0 fully saturated rings. The molecule has 0 aliphatic carbocycles. The van der Waals surface area contributed by atoms with Crippen molar-refractivity contribution in [2.75, 3.05) is 46.1 Å². The molecule has 2 unspecified atom stereocenters. The van der Waals surface area contributed by atoms with Crippen molar-refractivity contribution in [3.05, 3.63) is 0 Å². The lowest BCUT2D eigenvalue weighted by Gasteiger charge is -2.24. The Hall–Kier alpha value is -0.200. The predicted molar refractivity (Wildman–Crippen MR) is 80.7 cm³/mol. The second-order valence-corrected chi connectivity index (χ2v) is 5.36. The van der Waals surface area contributed by atoms with Gasteiger partial charge in [0, 0.05) is 26.2 Å². The van der Waals surface area contributed by atoms with Crippen LogP contribution in [0.4, 0.5) is 0 Å². The largest absolute Gasteiger partial charge is 0.395 e. The summed E-state index contributed by atoms with van der Waals surface area (Å²) >= 11 is 0. The smallest absolute Gasteiger partial charge is 0.0900 e. The molecule has 20 heavy (non-hydrogen) atoms. The molecule has 0 saturated carbocycles. The molecule has 0 heterocycles. The van der Waals surface area contributed by atoms with Crippen molar-refractivity contribution in [3.63, 3.8) is 0 Å². The van der Waals surface area contributed by atoms with Gasteiger partial charge in [-0.25, -0.2) is 0 Å². The van der Waals surface area contributed by atoms with Gasteiger partial charge in [0.2, 0.25) is 0 Å². The topological polar surface area (TPSA) is 73.2 Å². The van der Waals surface area contributed by atoms with Crippen LogP contribution in [0, 0.1) is 5.92 Å². The van der Waals surface area contributed by atoms with Crippen LogP contribution >= 0.6 is 0 Å². The minimum Gasteiger partial charge on any atom is -0.395 e. The van der Waals surface area contributed by atoms with Crippen LogP contribution in [0.2, 0.25) is 0 Å². The van der Waals surface area contributed by atoms with E-state index in [4.69, 9.17) is 14.9 Å². The van der Waals surface area contributed by atoms with Crippen molar-refractivity contribution in [1.29, 1.82) is 0 Å². The highest BCUT2D eigenvalue weighted by Gasteiger charge is 2.12. The maximum atomic E-state index is 9.90. The minimum absolute atomic E-state index is 0.0303. The molecule has 0 amide bonds. The van der Waals surface area contributed by atoms with Crippen LogP contribution in [0.1, 0.15) is 39.5 Å². The third-order valence-electron chi connectivity index (χ3n) is 3.51. The van der Waals surface area contributed by atoms with E-state index in [1.54, 1.807) is 0 Å². The van der Waals surface area contributed by atoms with E-state index in [0.29, 0.717) is 38.8 Å². The molecule has 0 aromatic carbocycles. The highest BCUT2D eigenvalue weighted by molar-refractivity contribution is 4.64. The Bertz CT molecular complexity index is 198. The number of unbranched alkanes of at least 4 members (excludes halogenated alkanes) is 1. The summed E-state index contributed by atoms with van der Waals surface area (Å²) in [6.45, 7) is 6.79. The monoisotopic (exact) mass is 291 g/mol. The molecule has 0 aromatic rings. The first-order valence-electron chi connectivity index (χ1n) is 7.87. The molecule has 3 N–H and O–H groups in total. The van der Waals surface area contributed by atoms with Crippen LogP contribution in [0.25, 0.3) is 0 Å². The quantitative estimate of drug-likeness (QED) is 0.443. The summed E-state index contributed by atoms with van der Waals surface area (Å²) in [5, 5.41) is 27.7. The van der Waals surface area contributed by atoms with Crippen LogP contribution in [-0.2, 0) is 4.74 Å². The number of hydrogen-bond acceptors (Lipinski definition) is 5. The Morgan fingerprint density at radius 2 is 1.70 bits per heavy atom. The maximum Gasteiger partial charge on any atom is 0.0900 e. The molecular weight excluding hydrogens is 258 g/mol. The van der Waals surface area contributed by atoms with Crippen LogP contribution in [0.15, 0.2) is 0 Å². The summed E-state index contributed by atoms with van der Waals surface area (Å²) in [5.41, 5.74) is 0. The van der Waals surface area contributed by atoms with Crippen molar-refractivity contribution in [1.82, 2.24) is 4.90 Å². The predicted octanol–water partition coefficient (Wildman–Crippen LogP) is 0.867. The van der Waals surface area contributed by atoms with Gasteiger partial charge in [-0.05, 0) is 12.3 Å². The molecule has 0 bridgehead atoms. The Morgan fingerprint density at radius 3 is 2.20 bits per heavy atom. The molecule has 0 rings (SSSR count). The van der Waals surface area contributed by atoms with E-state index in [1.165, 1.54) is 19.3 Å². The molecule has 0 aliphatic heterocycles. The van der Waals surface area contributed by atoms with Crippen molar-refractivity contribution in [2.45, 2.75) is 45.6 Å². The minimum atomic E-state index is -0.572. The second-order valence-electron chi connectivity index (χ2n) is 5.36. The molecule has 0 aromatic heterocycles. The van der Waals surface area contributed by atoms with Gasteiger partial charge in [-0.1, -0.05) is 33.1 Å². The van der Waals surface area contributed by atoms with Crippen LogP contribution in [0.5, 0.6) is 0 Å². The molecule has 0 spiro atoms. The van der Waals surface area contributed by atoms with Crippen LogP contribution in [0.3, 0.4) is 0 Å². The number of nitrogens with zero attached hydrogens (tertiary/aromatic N) is 1. The zero-order valence-electron chi connectivity index (χ0n) is 13.1. The van der Waals surface area contributed by atoms with Crippen molar-refractivity contribution in [2.24, 2.45) is 5.92 Å². The number of rotatable bonds is 14. The van der Waals surface area contributed by atoms with Crippen LogP contribution in [-0.4, -0.2) is 72.4 Å². The van der Waals surface area contributed by atoms with Gasteiger partial charge < -0.3 is 20.1 Å². The van der Waals surface area contributed by atoms with E-state index in [9.17, 15) is 5.11 Å². The number of hydrogen-bond donors (Lipinski definition) is 3. The van der Waals surface area contributed by atoms with Crippen molar-refractivity contribution in [3.8, 4) is 0 Å². The zero-order valence-corrected chi connectivity index (χ0v) is 13.1. The number of ether oxygens (including phenoxy) is 1. The Kier molecular flexibility index (Phi) is 13.6. The van der Waals surface area contributed by atoms with E-state index >= 15 is 0 Å². The van der Waals surface area contributed by atoms with Gasteiger partial charge in [0.15, 0.2) is 0 Å². The summed E-state index contributed by atoms with van der Waals surface area (Å²) in [6, 6.07) is 0. The third kappa shape index (κ3) is 10.6. The standard InChI is InChI=1S/C15H33NO4/c1-3-5-6-14(4-2)12-20-13-15(19)11-16(7-9-17)8-10-18/h14-15,17-19H,3-13H2,1-2H3. The van der Waals surface area contributed by atoms with Gasteiger partial charge in [-0.3, -0.25) is 4.90 Å². The Balaban J connectivity index is 3.80. The van der Waals surface area contributed by atoms with Crippen molar-refractivity contribution >= 4 is 0 Å². The number of aliphatic hydroxyl groups is 3. The summed E-state index contributed by atoms with van der Waals surface area (Å²) in [5.74, 6) is 0.577. The molecule has 5 heteroatoms. The first kappa shape index (κ1) is 19.8. The van der Waals surface area contributed by atoms with E-state index < -0.39 is 6.10 Å². The van der Waals surface area contributed by atoms with Gasteiger partial charge in [0.1, 0.15) is 0 Å². The molecule has 2 atom stereocenters. The molecule has 0 aliphatic rings. The summed E-state index contributed by atoms with van der Waals surface area (Å²) in [7, 11) is 0. The first-order chi connectivity index (χ1) is 9.67. The first-order valence-corrected chi connectivity index (χ1v) is 7.87. The number of aliphatic hydroxyl groups excluding tert-OH is 3. The van der Waals surface area contributed by atoms with E-state index in [2.05, 4.69) is 13.8 Å². The SMILES string of the molecule is CCCCC(CC)COCC(O)CN(CCO)CCO. The van der Waals surface area contributed by atoms with Crippen LogP contribution < -0.4 is 0 Å². The molecule has 0 radical (unpaired) electrons. The lowest BCUT2D eigenvalue weighted by atomic mass is 10.0. The molecular formula is C15H33NO4. The Labute approximate surface area is 123 Å². The highest BCUT2D eigenvalue weighted by Crippen LogP contribution is 2.12. The summed E-state index contributed by atoms with van der Waals surface area (Å²) in [6.07, 6.45) is 4.15. The van der Waals surface area contributed by atoms with Gasteiger partial charge >= 0.3 is 0 Å². The summed E-state index contributed by atoms with van der Waals surface area (Å²) in [4.78, 5) is 1.84. The van der Waals surface area contributed by atoms with E-state index in [-0.39, 0.29) is 13.2 Å². The lowest BCUT2D eigenvalue weighted by Crippen LogP contribution is -2.38. The molecule has 5 nitrogen and oxygen atoms in total. The second kappa shape index (κ2) is 13.8. The Morgan fingerprint density at radius 1 is 1.05 bits per heavy atom. The van der Waals surface area contributed by atoms with Gasteiger partial charge in [0.25, 0.3) is 0 Å². The molecule has 0 saturated heterocycles. The third-order valence-corrected chi connectivity index (χ3v) is 3.51. The summed E-state index contributed by atoms with van der Waals surface area (Å²) < 4.78 is 5.60. The fourth-order valence-electron chi connectivity index (χ4n) is 2.20. The van der Waals surface area contributed by atoms with E-state index in [0.717, 1.165) is 6.42 Å². The van der Waals surface area contributed by atoms with E-state index in [1.807, 2.05) is 4.90 Å². The fraction of sp³-hybridized carbons (Fsp3) is 1.00. The van der Waals surface area contributed by atoms with Gasteiger partial charge in [-0.2, -0.15) is 0 Å². The molecule has 122 valence electrons. The van der Waals surface area contributed by atoms with Crippen molar-refractivity contribution < 1.29 is 20.1 Å².